The van der Waals surface area contributed by atoms with E-state index in [0.717, 1.165) is 18.4 Å². The fraction of sp³-hybridized carbons (Fsp3) is 0.211. The van der Waals surface area contributed by atoms with Crippen LogP contribution in [0.5, 0.6) is 0 Å². The zero-order valence-electron chi connectivity index (χ0n) is 14.3. The summed E-state index contributed by atoms with van der Waals surface area (Å²) in [4.78, 5) is 11.8. The van der Waals surface area contributed by atoms with Crippen LogP contribution in [0, 0.1) is 5.82 Å². The van der Waals surface area contributed by atoms with Crippen LogP contribution in [0.1, 0.15) is 19.8 Å². The number of benzene rings is 2. The number of anilines is 1. The molecule has 0 spiro atoms. The molecule has 0 bridgehead atoms. The third-order valence-corrected chi connectivity index (χ3v) is 3.84. The number of carbonyl (C=O) groups excluding carboxylic acids is 1. The standard InChI is InChI=1S/C19H19FN4O2/c1-2-3-12-21-19(25)22-16-10-6-14(7-11-16)18-17(23-26-24-18)13-4-8-15(20)9-5-13/h4-11H,2-3,12H2,1H3,(H2,21,22,25). The fourth-order valence-electron chi connectivity index (χ4n) is 2.44. The maximum absolute atomic E-state index is 13.1. The SMILES string of the molecule is CCCCNC(=O)Nc1ccc(-c2nonc2-c2ccc(F)cc2)cc1. The molecule has 7 heteroatoms. The lowest BCUT2D eigenvalue weighted by Gasteiger charge is -2.07. The maximum atomic E-state index is 13.1. The number of nitrogens with one attached hydrogen (secondary N) is 2. The summed E-state index contributed by atoms with van der Waals surface area (Å²) in [6, 6.07) is 12.9. The van der Waals surface area contributed by atoms with Gasteiger partial charge in [0, 0.05) is 23.4 Å². The fourth-order valence-corrected chi connectivity index (χ4v) is 2.44. The van der Waals surface area contributed by atoms with Gasteiger partial charge in [-0.2, -0.15) is 0 Å². The van der Waals surface area contributed by atoms with Gasteiger partial charge in [0.2, 0.25) is 0 Å². The molecule has 1 heterocycles. The molecule has 0 aliphatic carbocycles. The van der Waals surface area contributed by atoms with Crippen molar-refractivity contribution in [1.82, 2.24) is 15.6 Å². The van der Waals surface area contributed by atoms with Crippen LogP contribution < -0.4 is 10.6 Å². The van der Waals surface area contributed by atoms with E-state index in [9.17, 15) is 9.18 Å². The van der Waals surface area contributed by atoms with Crippen molar-refractivity contribution in [2.45, 2.75) is 19.8 Å². The van der Waals surface area contributed by atoms with E-state index in [2.05, 4.69) is 27.9 Å². The van der Waals surface area contributed by atoms with Crippen molar-refractivity contribution in [3.8, 4) is 22.5 Å². The molecule has 0 saturated carbocycles. The highest BCUT2D eigenvalue weighted by molar-refractivity contribution is 5.89. The Labute approximate surface area is 150 Å². The molecule has 0 atom stereocenters. The van der Waals surface area contributed by atoms with E-state index in [1.54, 1.807) is 24.3 Å². The van der Waals surface area contributed by atoms with Gasteiger partial charge in [0.05, 0.1) is 0 Å². The van der Waals surface area contributed by atoms with E-state index in [1.807, 2.05) is 12.1 Å². The average Bonchev–Trinajstić information content (AvgIpc) is 3.13. The zero-order chi connectivity index (χ0) is 18.4. The molecule has 2 N–H and O–H groups in total. The van der Waals surface area contributed by atoms with Crippen LogP contribution in [0.3, 0.4) is 0 Å². The molecule has 0 saturated heterocycles. The van der Waals surface area contributed by atoms with Gasteiger partial charge in [-0.15, -0.1) is 0 Å². The molecule has 6 nitrogen and oxygen atoms in total. The van der Waals surface area contributed by atoms with Gasteiger partial charge in [0.1, 0.15) is 17.2 Å². The van der Waals surface area contributed by atoms with Gasteiger partial charge in [-0.1, -0.05) is 25.5 Å². The Balaban J connectivity index is 1.72. The lowest BCUT2D eigenvalue weighted by atomic mass is 10.0. The topological polar surface area (TPSA) is 80.0 Å². The number of carbonyl (C=O) groups is 1. The minimum Gasteiger partial charge on any atom is -0.338 e. The average molecular weight is 354 g/mol. The Hall–Kier alpha value is -3.22. The summed E-state index contributed by atoms with van der Waals surface area (Å²) in [6.45, 7) is 2.71. The van der Waals surface area contributed by atoms with Crippen LogP contribution in [-0.4, -0.2) is 22.9 Å². The minimum absolute atomic E-state index is 0.235. The lowest BCUT2D eigenvalue weighted by molar-refractivity contribution is 0.252. The van der Waals surface area contributed by atoms with Crippen molar-refractivity contribution in [2.75, 3.05) is 11.9 Å². The molecular formula is C19H19FN4O2. The van der Waals surface area contributed by atoms with Crippen molar-refractivity contribution in [3.63, 3.8) is 0 Å². The van der Waals surface area contributed by atoms with Crippen LogP contribution in [0.25, 0.3) is 22.5 Å². The third-order valence-electron chi connectivity index (χ3n) is 3.84. The summed E-state index contributed by atoms with van der Waals surface area (Å²) in [5, 5.41) is 13.4. The van der Waals surface area contributed by atoms with E-state index >= 15 is 0 Å². The number of halogens is 1. The largest absolute Gasteiger partial charge is 0.338 e. The van der Waals surface area contributed by atoms with Crippen molar-refractivity contribution in [1.29, 1.82) is 0 Å². The minimum atomic E-state index is -0.320. The van der Waals surface area contributed by atoms with Gasteiger partial charge < -0.3 is 10.6 Å². The number of hydrogen-bond donors (Lipinski definition) is 2. The normalized spacial score (nSPS) is 10.5. The summed E-state index contributed by atoms with van der Waals surface area (Å²) in [5.41, 5.74) is 3.24. The first-order valence-electron chi connectivity index (χ1n) is 8.41. The Morgan fingerprint density at radius 2 is 1.58 bits per heavy atom. The molecule has 0 aliphatic heterocycles. The Morgan fingerprint density at radius 3 is 2.15 bits per heavy atom. The predicted octanol–water partition coefficient (Wildman–Crippen LogP) is 4.46. The number of unbranched alkanes of at least 4 members (excludes halogenated alkanes) is 1. The second-order valence-corrected chi connectivity index (χ2v) is 5.78. The number of aromatic nitrogens is 2. The Kier molecular flexibility index (Phi) is 5.58. The highest BCUT2D eigenvalue weighted by Gasteiger charge is 2.14. The van der Waals surface area contributed by atoms with Gasteiger partial charge in [0.25, 0.3) is 0 Å². The number of nitrogens with zero attached hydrogens (tertiary/aromatic N) is 2. The summed E-state index contributed by atoms with van der Waals surface area (Å²) in [5.74, 6) is -0.320. The molecule has 134 valence electrons. The van der Waals surface area contributed by atoms with Crippen molar-refractivity contribution in [3.05, 3.63) is 54.3 Å². The van der Waals surface area contributed by atoms with Crippen molar-refractivity contribution in [2.24, 2.45) is 0 Å². The predicted molar refractivity (Wildman–Crippen MR) is 97.1 cm³/mol. The smallest absolute Gasteiger partial charge is 0.319 e. The van der Waals surface area contributed by atoms with Crippen LogP contribution in [0.2, 0.25) is 0 Å². The quantitative estimate of drug-likeness (QED) is 0.640. The van der Waals surface area contributed by atoms with Gasteiger partial charge in [-0.25, -0.2) is 13.8 Å². The first kappa shape index (κ1) is 17.6. The van der Waals surface area contributed by atoms with E-state index < -0.39 is 0 Å². The molecule has 1 aromatic heterocycles. The van der Waals surface area contributed by atoms with E-state index in [1.165, 1.54) is 12.1 Å². The maximum Gasteiger partial charge on any atom is 0.319 e. The summed E-state index contributed by atoms with van der Waals surface area (Å²) < 4.78 is 18.0. The van der Waals surface area contributed by atoms with Crippen LogP contribution >= 0.6 is 0 Å². The molecule has 0 radical (unpaired) electrons. The number of urea groups is 1. The second-order valence-electron chi connectivity index (χ2n) is 5.78. The van der Waals surface area contributed by atoms with Crippen LogP contribution in [-0.2, 0) is 0 Å². The monoisotopic (exact) mass is 354 g/mol. The van der Waals surface area contributed by atoms with E-state index in [0.29, 0.717) is 29.2 Å². The molecule has 2 aromatic carbocycles. The molecule has 3 rings (SSSR count). The lowest BCUT2D eigenvalue weighted by Crippen LogP contribution is -2.29. The number of hydrogen-bond acceptors (Lipinski definition) is 4. The number of rotatable bonds is 6. The first-order chi connectivity index (χ1) is 12.7. The molecule has 3 aromatic rings. The third kappa shape index (κ3) is 4.24. The molecule has 26 heavy (non-hydrogen) atoms. The number of amides is 2. The van der Waals surface area contributed by atoms with Crippen molar-refractivity contribution >= 4 is 11.7 Å². The second kappa shape index (κ2) is 8.24. The Morgan fingerprint density at radius 1 is 1.00 bits per heavy atom. The summed E-state index contributed by atoms with van der Waals surface area (Å²) in [6.07, 6.45) is 1.97. The molecular weight excluding hydrogens is 335 g/mol. The highest BCUT2D eigenvalue weighted by Crippen LogP contribution is 2.29. The van der Waals surface area contributed by atoms with Crippen LogP contribution in [0.15, 0.2) is 53.2 Å². The van der Waals surface area contributed by atoms with Gasteiger partial charge >= 0.3 is 6.03 Å². The van der Waals surface area contributed by atoms with Crippen molar-refractivity contribution < 1.29 is 13.8 Å². The van der Waals surface area contributed by atoms with Gasteiger partial charge in [-0.3, -0.25) is 0 Å². The van der Waals surface area contributed by atoms with E-state index in [-0.39, 0.29) is 11.8 Å². The summed E-state index contributed by atoms with van der Waals surface area (Å²) in [7, 11) is 0. The molecule has 0 fully saturated rings. The summed E-state index contributed by atoms with van der Waals surface area (Å²) >= 11 is 0. The Bertz CT molecular complexity index is 860. The molecule has 0 aliphatic rings. The first-order valence-corrected chi connectivity index (χ1v) is 8.41. The van der Waals surface area contributed by atoms with Crippen LogP contribution in [0.4, 0.5) is 14.9 Å². The molecule has 0 unspecified atom stereocenters. The molecule has 2 amide bonds. The zero-order valence-corrected chi connectivity index (χ0v) is 14.3. The van der Waals surface area contributed by atoms with Gasteiger partial charge in [0.15, 0.2) is 0 Å². The highest BCUT2D eigenvalue weighted by atomic mass is 19.1. The van der Waals surface area contributed by atoms with Gasteiger partial charge in [-0.05, 0) is 53.1 Å². The van der Waals surface area contributed by atoms with E-state index in [4.69, 9.17) is 4.63 Å².